The summed E-state index contributed by atoms with van der Waals surface area (Å²) in [6.45, 7) is 17.6. The van der Waals surface area contributed by atoms with Crippen LogP contribution in [-0.4, -0.2) is 144 Å². The first kappa shape index (κ1) is 52.9. The molecule has 1 aromatic heterocycles. The third-order valence-corrected chi connectivity index (χ3v) is 13.3. The number of ether oxygens (including phenoxy) is 6. The number of aliphatic hydroxyl groups is 1. The number of Topliss-reactive ketones (excluding diaryl/α,β-unsaturated/α-hetero) is 1. The van der Waals surface area contributed by atoms with Crippen molar-refractivity contribution in [1.29, 1.82) is 0 Å². The van der Waals surface area contributed by atoms with Crippen LogP contribution in [0.3, 0.4) is 0 Å². The van der Waals surface area contributed by atoms with Crippen LogP contribution in [-0.2, 0) is 42.8 Å². The maximum absolute atomic E-state index is 14.6. The first-order valence-electron chi connectivity index (χ1n) is 22.9. The average molecular weight is 912 g/mol. The zero-order valence-corrected chi connectivity index (χ0v) is 40.2. The number of ketones is 1. The third kappa shape index (κ3) is 12.6. The lowest BCUT2D eigenvalue weighted by atomic mass is 9.73. The molecule has 2 aliphatic heterocycles. The molecule has 0 aliphatic carbocycles. The fourth-order valence-corrected chi connectivity index (χ4v) is 9.40. The van der Waals surface area contributed by atoms with Crippen LogP contribution in [0.4, 0.5) is 9.59 Å². The molecule has 17 nitrogen and oxygen atoms in total. The number of fused-ring (bicyclic) bond motifs is 1. The molecule has 4 N–H and O–H groups in total. The van der Waals surface area contributed by atoms with Crippen LogP contribution in [0.1, 0.15) is 94.1 Å². The summed E-state index contributed by atoms with van der Waals surface area (Å²) in [5.74, 6) is -5.28. The van der Waals surface area contributed by atoms with E-state index in [0.717, 1.165) is 16.5 Å². The van der Waals surface area contributed by atoms with Crippen molar-refractivity contribution in [2.24, 2.45) is 29.4 Å². The number of nitrogens with two attached hydrogens (primary N) is 1. The minimum Gasteiger partial charge on any atom is -0.458 e. The maximum atomic E-state index is 14.6. The summed E-state index contributed by atoms with van der Waals surface area (Å²) in [5.41, 5.74) is 5.05. The van der Waals surface area contributed by atoms with Crippen LogP contribution in [0.5, 0.6) is 0 Å². The van der Waals surface area contributed by atoms with E-state index in [1.54, 1.807) is 67.7 Å². The molecule has 17 heteroatoms. The Morgan fingerprint density at radius 1 is 1.05 bits per heavy atom. The zero-order chi connectivity index (χ0) is 48.4. The molecule has 14 atom stereocenters. The van der Waals surface area contributed by atoms with Crippen molar-refractivity contribution in [3.05, 3.63) is 48.2 Å². The Morgan fingerprint density at radius 3 is 2.35 bits per heavy atom. The number of pyridine rings is 1. The number of cyclic esters (lactones) is 1. The standard InChI is InChI=1S/C48H73N5O12/c1-13-37-48(10,60-27-54)41(49)30(6)38(55)28(4)25-47(9,65-45(58)50-22-18-19-33-24-34-20-16-17-21-35(34)51-26-33)42(64-44-39(56)36(52(11)12)23-29(5)61-44)31(7)40(32(8)43(57)62-37)63-46(59)53(14-2)15-3/h16-21,24,26-32,36-37,39-42,44,56H,13-15,22-23,25,49H2,1-12H3,(H,50,58)/b19-18+/t28-,29-,30+,31+,32-,36+,37-,39-,40+,41-,42-,44+,47-,48-/m1/s1. The van der Waals surface area contributed by atoms with Crippen LogP contribution >= 0.6 is 0 Å². The molecular formula is C48H73N5O12. The van der Waals surface area contributed by atoms with Gasteiger partial charge in [0.2, 0.25) is 0 Å². The molecule has 362 valence electrons. The summed E-state index contributed by atoms with van der Waals surface area (Å²) in [6.07, 6.45) is -2.51. The van der Waals surface area contributed by atoms with Crippen molar-refractivity contribution < 1.29 is 57.5 Å². The summed E-state index contributed by atoms with van der Waals surface area (Å²) in [7, 11) is 3.67. The van der Waals surface area contributed by atoms with Gasteiger partial charge in [-0.05, 0) is 92.6 Å². The molecule has 4 rings (SSSR count). The number of amides is 2. The van der Waals surface area contributed by atoms with Gasteiger partial charge in [-0.2, -0.15) is 0 Å². The van der Waals surface area contributed by atoms with Crippen molar-refractivity contribution in [1.82, 2.24) is 20.1 Å². The molecule has 2 saturated heterocycles. The number of alkyl carbamates (subject to hydrolysis) is 1. The largest absolute Gasteiger partial charge is 0.458 e. The van der Waals surface area contributed by atoms with E-state index in [9.17, 15) is 29.1 Å². The normalized spacial score (nSPS) is 34.1. The van der Waals surface area contributed by atoms with E-state index in [4.69, 9.17) is 34.2 Å². The van der Waals surface area contributed by atoms with Crippen molar-refractivity contribution in [2.45, 2.75) is 149 Å². The minimum absolute atomic E-state index is 0.0383. The Balaban J connectivity index is 1.87. The second-order valence-electron chi connectivity index (χ2n) is 18.3. The lowest BCUT2D eigenvalue weighted by molar-refractivity contribution is -0.298. The van der Waals surface area contributed by atoms with E-state index < -0.39 is 95.8 Å². The summed E-state index contributed by atoms with van der Waals surface area (Å²) in [6, 6.07) is 8.11. The number of hydrogen-bond acceptors (Lipinski definition) is 15. The molecule has 65 heavy (non-hydrogen) atoms. The highest BCUT2D eigenvalue weighted by Crippen LogP contribution is 2.41. The monoisotopic (exact) mass is 912 g/mol. The average Bonchev–Trinajstić information content (AvgIpc) is 3.27. The lowest BCUT2D eigenvalue weighted by Gasteiger charge is -2.48. The van der Waals surface area contributed by atoms with Gasteiger partial charge in [-0.1, -0.05) is 58.0 Å². The fourth-order valence-electron chi connectivity index (χ4n) is 9.40. The van der Waals surface area contributed by atoms with Gasteiger partial charge in [0.05, 0.1) is 23.6 Å². The fraction of sp³-hybridized carbons (Fsp3) is 0.667. The second kappa shape index (κ2) is 23.2. The van der Waals surface area contributed by atoms with Gasteiger partial charge in [0, 0.05) is 55.0 Å². The van der Waals surface area contributed by atoms with Gasteiger partial charge in [-0.15, -0.1) is 0 Å². The molecule has 2 aromatic rings. The molecule has 0 bridgehead atoms. The number of nitrogens with zero attached hydrogens (tertiary/aromatic N) is 3. The van der Waals surface area contributed by atoms with Gasteiger partial charge in [-0.25, -0.2) is 9.59 Å². The van der Waals surface area contributed by atoms with Crippen molar-refractivity contribution in [2.75, 3.05) is 33.7 Å². The summed E-state index contributed by atoms with van der Waals surface area (Å²) < 4.78 is 37.6. The second-order valence-corrected chi connectivity index (χ2v) is 18.3. The highest BCUT2D eigenvalue weighted by Gasteiger charge is 2.55. The van der Waals surface area contributed by atoms with Crippen LogP contribution in [0.25, 0.3) is 17.0 Å². The van der Waals surface area contributed by atoms with Crippen LogP contribution < -0.4 is 11.1 Å². The van der Waals surface area contributed by atoms with E-state index in [-0.39, 0.29) is 37.7 Å². The third-order valence-electron chi connectivity index (χ3n) is 13.3. The van der Waals surface area contributed by atoms with E-state index in [0.29, 0.717) is 19.5 Å². The Bertz CT molecular complexity index is 1960. The number of likely N-dealkylation sites (N-methyl/N-ethyl adjacent to an activating group) is 1. The van der Waals surface area contributed by atoms with Gasteiger partial charge in [0.25, 0.3) is 6.47 Å². The number of benzene rings is 1. The number of aromatic nitrogens is 1. The SMILES string of the molecule is CC[C@H]1OC(=O)[C@H](C)[C@@H](OC(=O)N(CC)CC)[C@H](C)[C@@H](O[C@@H]2O[C@H](C)C[C@H](N(C)C)[C@H]2O)[C@](C)(OC(=O)NC/C=C/c2cnc3ccccc3c2)C[C@@H](C)C(=O)[C@H](C)[C@@H](N)[C@]1(C)OC=O. The van der Waals surface area contributed by atoms with Gasteiger partial charge in [0.15, 0.2) is 11.9 Å². The molecule has 1 aromatic carbocycles. The maximum Gasteiger partial charge on any atom is 0.410 e. The van der Waals surface area contributed by atoms with Crippen molar-refractivity contribution in [3.63, 3.8) is 0 Å². The van der Waals surface area contributed by atoms with E-state index in [2.05, 4.69) is 10.3 Å². The Kier molecular flexibility index (Phi) is 18.9. The zero-order valence-electron chi connectivity index (χ0n) is 40.2. The minimum atomic E-state index is -1.77. The summed E-state index contributed by atoms with van der Waals surface area (Å²) in [4.78, 5) is 76.9. The number of nitrogens with one attached hydrogen (secondary N) is 1. The molecule has 0 unspecified atom stereocenters. The van der Waals surface area contributed by atoms with Crippen molar-refractivity contribution in [3.8, 4) is 0 Å². The van der Waals surface area contributed by atoms with E-state index >= 15 is 0 Å². The van der Waals surface area contributed by atoms with Gasteiger partial charge in [-0.3, -0.25) is 19.4 Å². The molecule has 3 heterocycles. The Labute approximate surface area is 384 Å². The predicted molar refractivity (Wildman–Crippen MR) is 244 cm³/mol. The molecule has 2 aliphatic rings. The number of carbonyl (C=O) groups is 5. The molecular weight excluding hydrogens is 839 g/mol. The molecule has 2 amide bonds. The Morgan fingerprint density at radius 2 is 1.72 bits per heavy atom. The molecule has 0 radical (unpaired) electrons. The van der Waals surface area contributed by atoms with Crippen LogP contribution in [0.2, 0.25) is 0 Å². The Hall–Kier alpha value is -4.68. The topological polar surface area (TPSA) is 218 Å². The van der Waals surface area contributed by atoms with Gasteiger partial charge < -0.3 is 54.4 Å². The first-order valence-corrected chi connectivity index (χ1v) is 22.9. The highest BCUT2D eigenvalue weighted by molar-refractivity contribution is 5.84. The smallest absolute Gasteiger partial charge is 0.410 e. The van der Waals surface area contributed by atoms with E-state index in [1.807, 2.05) is 62.3 Å². The first-order chi connectivity index (χ1) is 30.7. The van der Waals surface area contributed by atoms with Gasteiger partial charge in [0.1, 0.15) is 35.8 Å². The predicted octanol–water partition coefficient (Wildman–Crippen LogP) is 5.49. The number of hydrogen-bond donors (Lipinski definition) is 3. The summed E-state index contributed by atoms with van der Waals surface area (Å²) >= 11 is 0. The molecule has 0 saturated carbocycles. The molecule has 2 fully saturated rings. The lowest BCUT2D eigenvalue weighted by Crippen LogP contribution is -2.63. The van der Waals surface area contributed by atoms with Crippen LogP contribution in [0, 0.1) is 23.7 Å². The van der Waals surface area contributed by atoms with E-state index in [1.165, 1.54) is 11.8 Å². The van der Waals surface area contributed by atoms with Crippen LogP contribution in [0.15, 0.2) is 42.6 Å². The highest BCUT2D eigenvalue weighted by atomic mass is 16.7. The summed E-state index contributed by atoms with van der Waals surface area (Å²) in [5, 5.41) is 15.5. The van der Waals surface area contributed by atoms with Crippen molar-refractivity contribution >= 4 is 47.4 Å². The number of aliphatic hydroxyl groups excluding tert-OH is 1. The number of carbonyl (C=O) groups excluding carboxylic acids is 5. The number of para-hydroxylation sites is 1. The number of esters is 1. The molecule has 0 spiro atoms. The van der Waals surface area contributed by atoms with Gasteiger partial charge >= 0.3 is 18.2 Å². The quantitative estimate of drug-likeness (QED) is 0.129. The number of rotatable bonds is 13.